The van der Waals surface area contributed by atoms with Gasteiger partial charge in [-0.25, -0.2) is 0 Å². The summed E-state index contributed by atoms with van der Waals surface area (Å²) in [5.41, 5.74) is 6.28. The number of nitrogens with one attached hydrogen (secondary N) is 1. The highest BCUT2D eigenvalue weighted by atomic mass is 32.1. The molecule has 1 aromatic rings. The van der Waals surface area contributed by atoms with Gasteiger partial charge in [0.2, 0.25) is 0 Å². The second-order valence-corrected chi connectivity index (χ2v) is 3.81. The van der Waals surface area contributed by atoms with Crippen LogP contribution in [-0.4, -0.2) is 18.5 Å². The Morgan fingerprint density at radius 1 is 1.77 bits per heavy atom. The lowest BCUT2D eigenvalue weighted by atomic mass is 10.2. The van der Waals surface area contributed by atoms with E-state index < -0.39 is 0 Å². The van der Waals surface area contributed by atoms with Crippen LogP contribution < -0.4 is 11.1 Å². The van der Waals surface area contributed by atoms with Crippen LogP contribution in [0.5, 0.6) is 0 Å². The second-order valence-electron chi connectivity index (χ2n) is 3.03. The average Bonchev–Trinajstić information content (AvgIpc) is 2.55. The number of thiophene rings is 1. The van der Waals surface area contributed by atoms with Gasteiger partial charge >= 0.3 is 0 Å². The van der Waals surface area contributed by atoms with E-state index in [9.17, 15) is 4.79 Å². The molecule has 0 bridgehead atoms. The van der Waals surface area contributed by atoms with Gasteiger partial charge in [-0.05, 0) is 24.8 Å². The molecule has 13 heavy (non-hydrogen) atoms. The molecule has 0 fully saturated rings. The summed E-state index contributed by atoms with van der Waals surface area (Å²) < 4.78 is 0. The summed E-state index contributed by atoms with van der Waals surface area (Å²) >= 11 is 1.52. The van der Waals surface area contributed by atoms with Crippen molar-refractivity contribution >= 4 is 17.2 Å². The Labute approximate surface area is 81.9 Å². The van der Waals surface area contributed by atoms with Gasteiger partial charge in [0.1, 0.15) is 0 Å². The molecule has 1 rings (SSSR count). The van der Waals surface area contributed by atoms with Crippen LogP contribution >= 0.6 is 11.3 Å². The maximum Gasteiger partial charge on any atom is 0.252 e. The number of carbonyl (C=O) groups excluding carboxylic acids is 1. The predicted octanol–water partition coefficient (Wildman–Crippen LogP) is 1.22. The topological polar surface area (TPSA) is 55.1 Å². The smallest absolute Gasteiger partial charge is 0.252 e. The van der Waals surface area contributed by atoms with E-state index in [1.54, 1.807) is 0 Å². The van der Waals surface area contributed by atoms with Gasteiger partial charge in [0.05, 0.1) is 0 Å². The van der Waals surface area contributed by atoms with Gasteiger partial charge in [-0.3, -0.25) is 4.79 Å². The lowest BCUT2D eigenvalue weighted by Crippen LogP contribution is -2.28. The number of rotatable bonds is 4. The molecule has 0 saturated carbocycles. The van der Waals surface area contributed by atoms with E-state index in [2.05, 4.69) is 5.32 Å². The van der Waals surface area contributed by atoms with E-state index in [-0.39, 0.29) is 11.9 Å². The number of carbonyl (C=O) groups is 1. The first-order chi connectivity index (χ1) is 6.20. The van der Waals surface area contributed by atoms with Gasteiger partial charge in [0.15, 0.2) is 0 Å². The van der Waals surface area contributed by atoms with E-state index in [4.69, 9.17) is 5.73 Å². The largest absolute Gasteiger partial charge is 0.352 e. The maximum absolute atomic E-state index is 11.3. The molecule has 1 amide bonds. The molecular formula is C9H14N2OS. The van der Waals surface area contributed by atoms with Gasteiger partial charge in [-0.15, -0.1) is 0 Å². The standard InChI is InChI=1S/C9H14N2OS/c1-7(10)2-4-11-9(12)8-3-5-13-6-8/h3,5-7H,2,4,10H2,1H3,(H,11,12). The minimum absolute atomic E-state index is 0.0121. The number of hydrogen-bond donors (Lipinski definition) is 2. The Kier molecular flexibility index (Phi) is 3.92. The highest BCUT2D eigenvalue weighted by Gasteiger charge is 2.04. The zero-order chi connectivity index (χ0) is 9.68. The molecule has 1 aromatic heterocycles. The number of amides is 1. The van der Waals surface area contributed by atoms with E-state index in [1.807, 2.05) is 23.8 Å². The summed E-state index contributed by atoms with van der Waals surface area (Å²) in [7, 11) is 0. The van der Waals surface area contributed by atoms with E-state index >= 15 is 0 Å². The molecule has 0 aliphatic carbocycles. The van der Waals surface area contributed by atoms with Crippen LogP contribution in [0.2, 0.25) is 0 Å². The minimum Gasteiger partial charge on any atom is -0.352 e. The summed E-state index contributed by atoms with van der Waals surface area (Å²) in [6, 6.07) is 1.95. The molecule has 3 nitrogen and oxygen atoms in total. The van der Waals surface area contributed by atoms with Crippen LogP contribution in [0.1, 0.15) is 23.7 Å². The monoisotopic (exact) mass is 198 g/mol. The van der Waals surface area contributed by atoms with Crippen molar-refractivity contribution in [2.24, 2.45) is 5.73 Å². The Bertz CT molecular complexity index is 257. The molecule has 0 saturated heterocycles. The minimum atomic E-state index is -0.0121. The fraction of sp³-hybridized carbons (Fsp3) is 0.444. The van der Waals surface area contributed by atoms with Crippen LogP contribution in [0.25, 0.3) is 0 Å². The van der Waals surface area contributed by atoms with E-state index in [1.165, 1.54) is 11.3 Å². The molecule has 72 valence electrons. The quantitative estimate of drug-likeness (QED) is 0.764. The van der Waals surface area contributed by atoms with Crippen LogP contribution in [0.3, 0.4) is 0 Å². The summed E-state index contributed by atoms with van der Waals surface area (Å²) in [4.78, 5) is 11.3. The molecule has 3 N–H and O–H groups in total. The molecule has 0 radical (unpaired) electrons. The third-order valence-electron chi connectivity index (χ3n) is 1.67. The van der Waals surface area contributed by atoms with E-state index in [0.717, 1.165) is 12.0 Å². The van der Waals surface area contributed by atoms with E-state index in [0.29, 0.717) is 6.54 Å². The maximum atomic E-state index is 11.3. The predicted molar refractivity (Wildman–Crippen MR) is 54.9 cm³/mol. The summed E-state index contributed by atoms with van der Waals surface area (Å²) in [5, 5.41) is 6.53. The second kappa shape index (κ2) is 4.99. The van der Waals surface area contributed by atoms with Crippen LogP contribution in [0.15, 0.2) is 16.8 Å². The fourth-order valence-corrected chi connectivity index (χ4v) is 1.55. The zero-order valence-electron chi connectivity index (χ0n) is 7.62. The first-order valence-electron chi connectivity index (χ1n) is 4.26. The highest BCUT2D eigenvalue weighted by Crippen LogP contribution is 2.04. The van der Waals surface area contributed by atoms with Crippen LogP contribution in [0, 0.1) is 0 Å². The molecular weight excluding hydrogens is 184 g/mol. The van der Waals surface area contributed by atoms with Gasteiger partial charge in [0.25, 0.3) is 5.91 Å². The van der Waals surface area contributed by atoms with Gasteiger partial charge < -0.3 is 11.1 Å². The molecule has 0 aliphatic rings. The van der Waals surface area contributed by atoms with Crippen molar-refractivity contribution in [2.45, 2.75) is 19.4 Å². The van der Waals surface area contributed by atoms with Gasteiger partial charge in [-0.1, -0.05) is 0 Å². The Hall–Kier alpha value is -0.870. The van der Waals surface area contributed by atoms with Crippen LogP contribution in [0.4, 0.5) is 0 Å². The third-order valence-corrected chi connectivity index (χ3v) is 2.35. The van der Waals surface area contributed by atoms with Gasteiger partial charge in [0, 0.05) is 23.5 Å². The first kappa shape index (κ1) is 10.2. The first-order valence-corrected chi connectivity index (χ1v) is 5.20. The van der Waals surface area contributed by atoms with Gasteiger partial charge in [-0.2, -0.15) is 11.3 Å². The molecule has 4 heteroatoms. The normalized spacial score (nSPS) is 12.5. The zero-order valence-corrected chi connectivity index (χ0v) is 8.43. The Morgan fingerprint density at radius 3 is 3.08 bits per heavy atom. The van der Waals surface area contributed by atoms with Crippen molar-refractivity contribution in [1.29, 1.82) is 0 Å². The summed E-state index contributed by atoms with van der Waals surface area (Å²) in [6.45, 7) is 2.57. The molecule has 1 unspecified atom stereocenters. The molecule has 1 heterocycles. The van der Waals surface area contributed by atoms with Crippen molar-refractivity contribution in [3.63, 3.8) is 0 Å². The third kappa shape index (κ3) is 3.57. The summed E-state index contributed by atoms with van der Waals surface area (Å²) in [6.07, 6.45) is 0.815. The summed E-state index contributed by atoms with van der Waals surface area (Å²) in [5.74, 6) is -0.0121. The highest BCUT2D eigenvalue weighted by molar-refractivity contribution is 7.08. The van der Waals surface area contributed by atoms with Crippen molar-refractivity contribution in [2.75, 3.05) is 6.54 Å². The van der Waals surface area contributed by atoms with Crippen molar-refractivity contribution in [3.05, 3.63) is 22.4 Å². The molecule has 1 atom stereocenters. The lowest BCUT2D eigenvalue weighted by molar-refractivity contribution is 0.0953. The van der Waals surface area contributed by atoms with Crippen LogP contribution in [-0.2, 0) is 0 Å². The van der Waals surface area contributed by atoms with Crippen molar-refractivity contribution < 1.29 is 4.79 Å². The van der Waals surface area contributed by atoms with Crippen molar-refractivity contribution in [3.8, 4) is 0 Å². The molecule has 0 aliphatic heterocycles. The number of hydrogen-bond acceptors (Lipinski definition) is 3. The SMILES string of the molecule is CC(N)CCNC(=O)c1ccsc1. The molecule has 0 spiro atoms. The average molecular weight is 198 g/mol. The Balaban J connectivity index is 2.27. The lowest BCUT2D eigenvalue weighted by Gasteiger charge is -2.05. The molecule has 0 aromatic carbocycles. The number of nitrogens with two attached hydrogens (primary N) is 1. The fourth-order valence-electron chi connectivity index (χ4n) is 0.909. The Morgan fingerprint density at radius 2 is 2.54 bits per heavy atom. The van der Waals surface area contributed by atoms with Crippen molar-refractivity contribution in [1.82, 2.24) is 5.32 Å².